The summed E-state index contributed by atoms with van der Waals surface area (Å²) in [5.74, 6) is 0.952. The zero-order valence-electron chi connectivity index (χ0n) is 14.4. The normalized spacial score (nSPS) is 11.4. The summed E-state index contributed by atoms with van der Waals surface area (Å²) in [4.78, 5) is 6.89. The lowest BCUT2D eigenvalue weighted by molar-refractivity contribution is 1.25. The molecule has 0 spiro atoms. The van der Waals surface area contributed by atoms with Gasteiger partial charge in [0.05, 0.1) is 5.69 Å². The molecule has 0 amide bonds. The molecule has 0 aliphatic rings. The molecule has 2 nitrogen and oxygen atoms in total. The third-order valence-corrected chi connectivity index (χ3v) is 4.18. The Morgan fingerprint density at radius 3 is 1.92 bits per heavy atom. The van der Waals surface area contributed by atoms with E-state index in [2.05, 4.69) is 96.5 Å². The highest BCUT2D eigenvalue weighted by molar-refractivity contribution is 6.15. The van der Waals surface area contributed by atoms with Crippen molar-refractivity contribution in [2.24, 2.45) is 4.99 Å². The van der Waals surface area contributed by atoms with Crippen LogP contribution in [0.4, 0.5) is 11.4 Å². The van der Waals surface area contributed by atoms with Gasteiger partial charge in [-0.2, -0.15) is 0 Å². The standard InChI is InChI=1S/C22H22N2/c1-17-11-7-9-15-20(17)22(23-3)24(19-13-5-4-6-14-19)21-16-10-8-12-18(21)2/h4-16H,1-3H3/b23-22+. The zero-order valence-corrected chi connectivity index (χ0v) is 14.4. The molecule has 0 N–H and O–H groups in total. The number of rotatable bonds is 3. The molecular weight excluding hydrogens is 292 g/mol. The number of anilines is 2. The number of amidine groups is 1. The van der Waals surface area contributed by atoms with Crippen LogP contribution in [0.1, 0.15) is 16.7 Å². The lowest BCUT2D eigenvalue weighted by Crippen LogP contribution is -2.28. The Balaban J connectivity index is 2.22. The maximum absolute atomic E-state index is 4.66. The Morgan fingerprint density at radius 1 is 0.708 bits per heavy atom. The van der Waals surface area contributed by atoms with Crippen LogP contribution in [0.15, 0.2) is 83.9 Å². The molecule has 0 radical (unpaired) electrons. The molecule has 24 heavy (non-hydrogen) atoms. The monoisotopic (exact) mass is 314 g/mol. The van der Waals surface area contributed by atoms with E-state index >= 15 is 0 Å². The summed E-state index contributed by atoms with van der Waals surface area (Å²) in [6, 6.07) is 27.2. The highest BCUT2D eigenvalue weighted by Gasteiger charge is 2.19. The molecule has 0 bridgehead atoms. The highest BCUT2D eigenvalue weighted by Crippen LogP contribution is 2.31. The third kappa shape index (κ3) is 3.09. The minimum Gasteiger partial charge on any atom is -0.295 e. The Morgan fingerprint density at radius 2 is 1.29 bits per heavy atom. The molecular formula is C22H22N2. The second-order valence-corrected chi connectivity index (χ2v) is 5.82. The van der Waals surface area contributed by atoms with E-state index in [9.17, 15) is 0 Å². The maximum atomic E-state index is 4.66. The lowest BCUT2D eigenvalue weighted by atomic mass is 10.0. The Kier molecular flexibility index (Phi) is 4.76. The second kappa shape index (κ2) is 7.14. The van der Waals surface area contributed by atoms with Gasteiger partial charge in [-0.25, -0.2) is 0 Å². The molecule has 0 fully saturated rings. The molecule has 0 saturated carbocycles. The van der Waals surface area contributed by atoms with E-state index in [0.717, 1.165) is 22.8 Å². The first-order valence-corrected chi connectivity index (χ1v) is 8.16. The maximum Gasteiger partial charge on any atom is 0.140 e. The van der Waals surface area contributed by atoms with E-state index in [0.29, 0.717) is 0 Å². The fourth-order valence-electron chi connectivity index (χ4n) is 2.93. The van der Waals surface area contributed by atoms with Crippen molar-refractivity contribution in [1.29, 1.82) is 0 Å². The average Bonchev–Trinajstić information content (AvgIpc) is 2.62. The topological polar surface area (TPSA) is 15.6 Å². The van der Waals surface area contributed by atoms with E-state index in [1.807, 2.05) is 13.1 Å². The van der Waals surface area contributed by atoms with Crippen molar-refractivity contribution in [3.8, 4) is 0 Å². The van der Waals surface area contributed by atoms with Gasteiger partial charge >= 0.3 is 0 Å². The van der Waals surface area contributed by atoms with Crippen molar-refractivity contribution in [2.45, 2.75) is 13.8 Å². The summed E-state index contributed by atoms with van der Waals surface area (Å²) in [5.41, 5.74) is 5.83. The number of hydrogen-bond donors (Lipinski definition) is 0. The van der Waals surface area contributed by atoms with Crippen molar-refractivity contribution >= 4 is 17.2 Å². The van der Waals surface area contributed by atoms with Crippen LogP contribution in [0.5, 0.6) is 0 Å². The van der Waals surface area contributed by atoms with Crippen LogP contribution < -0.4 is 4.90 Å². The molecule has 0 heterocycles. The van der Waals surface area contributed by atoms with Crippen molar-refractivity contribution < 1.29 is 0 Å². The van der Waals surface area contributed by atoms with Crippen molar-refractivity contribution in [2.75, 3.05) is 11.9 Å². The number of aliphatic imine (C=N–C) groups is 1. The fourth-order valence-corrected chi connectivity index (χ4v) is 2.93. The molecule has 0 aromatic heterocycles. The lowest BCUT2D eigenvalue weighted by Gasteiger charge is -2.28. The quantitative estimate of drug-likeness (QED) is 0.459. The Hall–Kier alpha value is -2.87. The predicted octanol–water partition coefficient (Wildman–Crippen LogP) is 5.52. The van der Waals surface area contributed by atoms with Crippen molar-refractivity contribution in [3.63, 3.8) is 0 Å². The minimum absolute atomic E-state index is 0.952. The van der Waals surface area contributed by atoms with E-state index in [1.54, 1.807) is 0 Å². The van der Waals surface area contributed by atoms with E-state index in [4.69, 9.17) is 0 Å². The third-order valence-electron chi connectivity index (χ3n) is 4.18. The van der Waals surface area contributed by atoms with Crippen molar-refractivity contribution in [1.82, 2.24) is 0 Å². The van der Waals surface area contributed by atoms with Gasteiger partial charge in [-0.1, -0.05) is 60.7 Å². The number of hydrogen-bond acceptors (Lipinski definition) is 1. The molecule has 3 aromatic carbocycles. The first-order chi connectivity index (χ1) is 11.7. The molecule has 3 rings (SSSR count). The van der Waals surface area contributed by atoms with Gasteiger partial charge < -0.3 is 0 Å². The molecule has 0 aliphatic carbocycles. The van der Waals surface area contributed by atoms with Crippen LogP contribution in [0.25, 0.3) is 0 Å². The summed E-state index contributed by atoms with van der Waals surface area (Å²) in [7, 11) is 1.86. The largest absolute Gasteiger partial charge is 0.295 e. The Bertz CT molecular complexity index is 851. The zero-order chi connectivity index (χ0) is 16.9. The van der Waals surface area contributed by atoms with Crippen LogP contribution in [0.3, 0.4) is 0 Å². The van der Waals surface area contributed by atoms with Crippen LogP contribution in [-0.4, -0.2) is 12.9 Å². The van der Waals surface area contributed by atoms with Gasteiger partial charge in [0.1, 0.15) is 5.84 Å². The van der Waals surface area contributed by atoms with Crippen LogP contribution >= 0.6 is 0 Å². The SMILES string of the molecule is C/N=C(\c1ccccc1C)N(c1ccccc1)c1ccccc1C. The van der Waals surface area contributed by atoms with Gasteiger partial charge in [-0.15, -0.1) is 0 Å². The first kappa shape index (κ1) is 16.0. The first-order valence-electron chi connectivity index (χ1n) is 8.16. The molecule has 0 saturated heterocycles. The van der Waals surface area contributed by atoms with Gasteiger partial charge in [-0.3, -0.25) is 9.89 Å². The van der Waals surface area contributed by atoms with E-state index < -0.39 is 0 Å². The summed E-state index contributed by atoms with van der Waals surface area (Å²) >= 11 is 0. The molecule has 0 aliphatic heterocycles. The van der Waals surface area contributed by atoms with E-state index in [-0.39, 0.29) is 0 Å². The number of nitrogens with zero attached hydrogens (tertiary/aromatic N) is 2. The van der Waals surface area contributed by atoms with Gasteiger partial charge in [0.25, 0.3) is 0 Å². The van der Waals surface area contributed by atoms with E-state index in [1.165, 1.54) is 11.1 Å². The summed E-state index contributed by atoms with van der Waals surface area (Å²) < 4.78 is 0. The van der Waals surface area contributed by atoms with Crippen LogP contribution in [0.2, 0.25) is 0 Å². The molecule has 0 atom stereocenters. The molecule has 0 unspecified atom stereocenters. The number of aryl methyl sites for hydroxylation is 2. The highest BCUT2D eigenvalue weighted by atomic mass is 15.2. The summed E-state index contributed by atoms with van der Waals surface area (Å²) in [5, 5.41) is 0. The average molecular weight is 314 g/mol. The molecule has 3 aromatic rings. The van der Waals surface area contributed by atoms with Crippen LogP contribution in [0, 0.1) is 13.8 Å². The second-order valence-electron chi connectivity index (χ2n) is 5.82. The molecule has 2 heteroatoms. The van der Waals surface area contributed by atoms with Gasteiger partial charge in [0.2, 0.25) is 0 Å². The number of benzene rings is 3. The summed E-state index contributed by atoms with van der Waals surface area (Å²) in [6.45, 7) is 4.26. The van der Waals surface area contributed by atoms with Gasteiger partial charge in [0, 0.05) is 18.3 Å². The summed E-state index contributed by atoms with van der Waals surface area (Å²) in [6.07, 6.45) is 0. The van der Waals surface area contributed by atoms with Gasteiger partial charge in [-0.05, 0) is 43.2 Å². The fraction of sp³-hybridized carbons (Fsp3) is 0.136. The predicted molar refractivity (Wildman–Crippen MR) is 103 cm³/mol. The smallest absolute Gasteiger partial charge is 0.140 e. The molecule has 120 valence electrons. The number of para-hydroxylation sites is 2. The van der Waals surface area contributed by atoms with Gasteiger partial charge in [0.15, 0.2) is 0 Å². The van der Waals surface area contributed by atoms with Crippen molar-refractivity contribution in [3.05, 3.63) is 95.6 Å². The Labute approximate surface area is 144 Å². The minimum atomic E-state index is 0.952. The van der Waals surface area contributed by atoms with Crippen LogP contribution in [-0.2, 0) is 0 Å².